The molecule has 4 rings (SSSR count). The summed E-state index contributed by atoms with van der Waals surface area (Å²) in [6.45, 7) is 0. The zero-order valence-corrected chi connectivity index (χ0v) is 11.3. The normalized spacial score (nSPS) is 31.2. The summed E-state index contributed by atoms with van der Waals surface area (Å²) in [4.78, 5) is 0. The fraction of sp³-hybridized carbons (Fsp3) is 0.467. The van der Waals surface area contributed by atoms with E-state index in [1.54, 1.807) is 0 Å². The maximum atomic E-state index is 6.38. The van der Waals surface area contributed by atoms with Crippen molar-refractivity contribution in [1.29, 1.82) is 0 Å². The molecule has 4 heteroatoms. The van der Waals surface area contributed by atoms with Gasteiger partial charge in [0.25, 0.3) is 0 Å². The van der Waals surface area contributed by atoms with E-state index in [0.717, 1.165) is 34.6 Å². The number of nitrogens with two attached hydrogens (primary N) is 1. The van der Waals surface area contributed by atoms with E-state index in [-0.39, 0.29) is 6.04 Å². The number of hydrogen-bond donors (Lipinski definition) is 1. The van der Waals surface area contributed by atoms with Crippen LogP contribution in [0.1, 0.15) is 31.1 Å². The quantitative estimate of drug-likeness (QED) is 0.911. The van der Waals surface area contributed by atoms with Crippen LogP contribution >= 0.6 is 11.6 Å². The van der Waals surface area contributed by atoms with E-state index < -0.39 is 0 Å². The summed E-state index contributed by atoms with van der Waals surface area (Å²) >= 11 is 5.99. The third-order valence-electron chi connectivity index (χ3n) is 4.44. The summed E-state index contributed by atoms with van der Waals surface area (Å²) in [7, 11) is 0. The van der Waals surface area contributed by atoms with Gasteiger partial charge in [-0.2, -0.15) is 0 Å². The molecule has 1 aromatic carbocycles. The summed E-state index contributed by atoms with van der Waals surface area (Å²) in [5.41, 5.74) is 7.23. The van der Waals surface area contributed by atoms with E-state index in [9.17, 15) is 0 Å². The molecule has 1 aromatic heterocycles. The van der Waals surface area contributed by atoms with Gasteiger partial charge in [-0.25, -0.2) is 0 Å². The SMILES string of the molecule is NC(c1cc2cc(Cl)ccc2o1)C1CC2CCC1O2. The van der Waals surface area contributed by atoms with E-state index in [1.807, 2.05) is 24.3 Å². The van der Waals surface area contributed by atoms with Crippen molar-refractivity contribution < 1.29 is 9.15 Å². The third-order valence-corrected chi connectivity index (χ3v) is 4.68. The highest BCUT2D eigenvalue weighted by Gasteiger charge is 2.44. The Kier molecular flexibility index (Phi) is 2.62. The molecule has 0 aliphatic carbocycles. The van der Waals surface area contributed by atoms with E-state index >= 15 is 0 Å². The first-order chi connectivity index (χ1) is 9.20. The molecule has 2 saturated heterocycles. The molecule has 2 fully saturated rings. The second-order valence-electron chi connectivity index (χ2n) is 5.63. The van der Waals surface area contributed by atoms with Gasteiger partial charge in [0.15, 0.2) is 0 Å². The summed E-state index contributed by atoms with van der Waals surface area (Å²) in [5.74, 6) is 1.23. The van der Waals surface area contributed by atoms with E-state index in [1.165, 1.54) is 6.42 Å². The molecule has 3 nitrogen and oxygen atoms in total. The number of fused-ring (bicyclic) bond motifs is 3. The molecule has 0 saturated carbocycles. The fourth-order valence-electron chi connectivity index (χ4n) is 3.47. The Morgan fingerprint density at radius 1 is 1.26 bits per heavy atom. The largest absolute Gasteiger partial charge is 0.459 e. The molecule has 4 atom stereocenters. The average Bonchev–Trinajstić information content (AvgIpc) is 3.11. The van der Waals surface area contributed by atoms with Crippen molar-refractivity contribution in [2.45, 2.75) is 37.5 Å². The average molecular weight is 278 g/mol. The van der Waals surface area contributed by atoms with Gasteiger partial charge in [-0.1, -0.05) is 11.6 Å². The van der Waals surface area contributed by atoms with Crippen LogP contribution in [-0.2, 0) is 4.74 Å². The summed E-state index contributed by atoms with van der Waals surface area (Å²) in [5, 5.41) is 1.73. The van der Waals surface area contributed by atoms with Gasteiger partial charge < -0.3 is 14.9 Å². The number of rotatable bonds is 2. The van der Waals surface area contributed by atoms with Gasteiger partial charge in [0.2, 0.25) is 0 Å². The highest BCUT2D eigenvalue weighted by molar-refractivity contribution is 6.31. The second kappa shape index (κ2) is 4.23. The van der Waals surface area contributed by atoms with Crippen molar-refractivity contribution in [1.82, 2.24) is 0 Å². The Bertz CT molecular complexity index is 624. The molecular formula is C15H16ClNO2. The smallest absolute Gasteiger partial charge is 0.134 e. The predicted octanol–water partition coefficient (Wildman–Crippen LogP) is 3.65. The Morgan fingerprint density at radius 2 is 2.16 bits per heavy atom. The topological polar surface area (TPSA) is 48.4 Å². The number of ether oxygens (including phenoxy) is 1. The number of furan rings is 1. The van der Waals surface area contributed by atoms with Gasteiger partial charge in [-0.15, -0.1) is 0 Å². The maximum Gasteiger partial charge on any atom is 0.134 e. The number of benzene rings is 1. The molecule has 2 aliphatic heterocycles. The monoisotopic (exact) mass is 277 g/mol. The van der Waals surface area contributed by atoms with Crippen molar-refractivity contribution >= 4 is 22.6 Å². The Morgan fingerprint density at radius 3 is 2.89 bits per heavy atom. The first kappa shape index (κ1) is 11.8. The molecule has 2 aromatic rings. The maximum absolute atomic E-state index is 6.38. The molecule has 3 heterocycles. The Labute approximate surface area is 116 Å². The number of hydrogen-bond acceptors (Lipinski definition) is 3. The van der Waals surface area contributed by atoms with Crippen molar-refractivity contribution in [3.8, 4) is 0 Å². The molecule has 0 spiro atoms. The lowest BCUT2D eigenvalue weighted by atomic mass is 9.83. The highest BCUT2D eigenvalue weighted by Crippen LogP contribution is 2.44. The number of halogens is 1. The third kappa shape index (κ3) is 1.88. The minimum absolute atomic E-state index is 0.0820. The molecule has 2 aliphatic rings. The van der Waals surface area contributed by atoms with Gasteiger partial charge in [0.1, 0.15) is 11.3 Å². The van der Waals surface area contributed by atoms with Crippen LogP contribution < -0.4 is 5.73 Å². The van der Waals surface area contributed by atoms with Crippen LogP contribution in [-0.4, -0.2) is 12.2 Å². The Hall–Kier alpha value is -1.03. The van der Waals surface area contributed by atoms with Gasteiger partial charge in [0.05, 0.1) is 18.2 Å². The van der Waals surface area contributed by atoms with E-state index in [0.29, 0.717) is 18.1 Å². The van der Waals surface area contributed by atoms with Gasteiger partial charge in [0, 0.05) is 16.3 Å². The lowest BCUT2D eigenvalue weighted by Gasteiger charge is -2.23. The van der Waals surface area contributed by atoms with Crippen LogP contribution in [0.5, 0.6) is 0 Å². The molecular weight excluding hydrogens is 262 g/mol. The van der Waals surface area contributed by atoms with Crippen molar-refractivity contribution in [2.75, 3.05) is 0 Å². The molecule has 19 heavy (non-hydrogen) atoms. The lowest BCUT2D eigenvalue weighted by molar-refractivity contribution is 0.0871. The predicted molar refractivity (Wildman–Crippen MR) is 74.2 cm³/mol. The van der Waals surface area contributed by atoms with Crippen LogP contribution in [0.2, 0.25) is 5.02 Å². The van der Waals surface area contributed by atoms with E-state index in [4.69, 9.17) is 26.5 Å². The fourth-order valence-corrected chi connectivity index (χ4v) is 3.65. The van der Waals surface area contributed by atoms with Crippen molar-refractivity contribution in [2.24, 2.45) is 11.7 Å². The van der Waals surface area contributed by atoms with Crippen LogP contribution in [0.3, 0.4) is 0 Å². The minimum atomic E-state index is -0.0820. The van der Waals surface area contributed by atoms with E-state index in [2.05, 4.69) is 0 Å². The summed E-state index contributed by atoms with van der Waals surface area (Å²) < 4.78 is 11.7. The van der Waals surface area contributed by atoms with Crippen molar-refractivity contribution in [3.05, 3.63) is 35.0 Å². The second-order valence-corrected chi connectivity index (χ2v) is 6.07. The zero-order chi connectivity index (χ0) is 13.0. The van der Waals surface area contributed by atoms with Gasteiger partial charge in [-0.05, 0) is 43.5 Å². The van der Waals surface area contributed by atoms with Gasteiger partial charge in [-0.3, -0.25) is 0 Å². The summed E-state index contributed by atoms with van der Waals surface area (Å²) in [6.07, 6.45) is 4.11. The molecule has 0 radical (unpaired) electrons. The van der Waals surface area contributed by atoms with Gasteiger partial charge >= 0.3 is 0 Å². The van der Waals surface area contributed by atoms with Crippen LogP contribution in [0.15, 0.2) is 28.7 Å². The summed E-state index contributed by atoms with van der Waals surface area (Å²) in [6, 6.07) is 7.57. The standard InChI is InChI=1S/C15H16ClNO2/c16-9-1-3-12-8(5-9)6-14(19-12)15(17)11-7-10-2-4-13(11)18-10/h1,3,5-6,10-11,13,15H,2,4,7,17H2. The lowest BCUT2D eigenvalue weighted by Crippen LogP contribution is -2.28. The van der Waals surface area contributed by atoms with Crippen LogP contribution in [0.4, 0.5) is 0 Å². The molecule has 100 valence electrons. The molecule has 4 unspecified atom stereocenters. The van der Waals surface area contributed by atoms with Crippen molar-refractivity contribution in [3.63, 3.8) is 0 Å². The highest BCUT2D eigenvalue weighted by atomic mass is 35.5. The first-order valence-corrected chi connectivity index (χ1v) is 7.18. The minimum Gasteiger partial charge on any atom is -0.459 e. The Balaban J connectivity index is 1.66. The van der Waals surface area contributed by atoms with Crippen LogP contribution in [0.25, 0.3) is 11.0 Å². The molecule has 0 amide bonds. The first-order valence-electron chi connectivity index (χ1n) is 6.81. The zero-order valence-electron chi connectivity index (χ0n) is 10.5. The van der Waals surface area contributed by atoms with Crippen LogP contribution in [0, 0.1) is 5.92 Å². The molecule has 2 bridgehead atoms. The molecule has 2 N–H and O–H groups in total.